The van der Waals surface area contributed by atoms with Gasteiger partial charge in [-0.2, -0.15) is 0 Å². The maximum Gasteiger partial charge on any atom is 0.237 e. The van der Waals surface area contributed by atoms with Crippen molar-refractivity contribution >= 4 is 15.7 Å². The molecule has 1 aliphatic carbocycles. The monoisotopic (exact) mass is 350 g/mol. The lowest BCUT2D eigenvalue weighted by Crippen LogP contribution is -2.43. The molecule has 1 amide bonds. The summed E-state index contributed by atoms with van der Waals surface area (Å²) in [6, 6.07) is 8.45. The molecule has 3 rings (SSSR count). The zero-order chi connectivity index (χ0) is 17.3. The minimum absolute atomic E-state index is 0.0361. The third kappa shape index (κ3) is 3.64. The van der Waals surface area contributed by atoms with Crippen LogP contribution in [0.25, 0.3) is 0 Å². The highest BCUT2D eigenvalue weighted by molar-refractivity contribution is 7.91. The maximum atomic E-state index is 12.7. The van der Waals surface area contributed by atoms with Crippen LogP contribution in [0.2, 0.25) is 0 Å². The van der Waals surface area contributed by atoms with Crippen LogP contribution in [0.5, 0.6) is 0 Å². The summed E-state index contributed by atoms with van der Waals surface area (Å²) in [5, 5.41) is 0. The van der Waals surface area contributed by atoms with Crippen LogP contribution in [0.1, 0.15) is 36.4 Å². The van der Waals surface area contributed by atoms with Gasteiger partial charge in [-0.25, -0.2) is 8.42 Å². The Bertz CT molecular complexity index is 717. The second-order valence-corrected chi connectivity index (χ2v) is 9.31. The van der Waals surface area contributed by atoms with E-state index in [1.54, 1.807) is 0 Å². The molecule has 1 aliphatic heterocycles. The second kappa shape index (κ2) is 6.84. The molecule has 132 valence electrons. The van der Waals surface area contributed by atoms with Crippen LogP contribution in [-0.2, 0) is 21.1 Å². The molecule has 2 unspecified atom stereocenters. The van der Waals surface area contributed by atoms with Gasteiger partial charge in [0.1, 0.15) is 0 Å². The summed E-state index contributed by atoms with van der Waals surface area (Å²) in [6.45, 7) is 0.273. The van der Waals surface area contributed by atoms with Crippen LogP contribution >= 0.6 is 0 Å². The average Bonchev–Trinajstić information content (AvgIpc) is 2.93. The number of hydrogen-bond acceptors (Lipinski definition) is 4. The third-order valence-corrected chi connectivity index (χ3v) is 7.17. The molecule has 1 aromatic rings. The first-order chi connectivity index (χ1) is 11.4. The van der Waals surface area contributed by atoms with Gasteiger partial charge in [-0.1, -0.05) is 24.3 Å². The van der Waals surface area contributed by atoms with Crippen LogP contribution in [0.15, 0.2) is 24.3 Å². The number of benzene rings is 1. The Hall–Kier alpha value is -1.40. The third-order valence-electron chi connectivity index (χ3n) is 5.42. The van der Waals surface area contributed by atoms with Crippen LogP contribution in [0.3, 0.4) is 0 Å². The summed E-state index contributed by atoms with van der Waals surface area (Å²) >= 11 is 0. The van der Waals surface area contributed by atoms with Gasteiger partial charge < -0.3 is 4.90 Å². The number of carbonyl (C=O) groups excluding carboxylic acids is 1. The van der Waals surface area contributed by atoms with Gasteiger partial charge in [0.15, 0.2) is 9.84 Å². The van der Waals surface area contributed by atoms with Crippen LogP contribution < -0.4 is 0 Å². The number of nitrogens with zero attached hydrogens (tertiary/aromatic N) is 2. The van der Waals surface area contributed by atoms with Gasteiger partial charge >= 0.3 is 0 Å². The van der Waals surface area contributed by atoms with Crippen molar-refractivity contribution in [2.45, 2.75) is 37.8 Å². The summed E-state index contributed by atoms with van der Waals surface area (Å²) < 4.78 is 23.3. The molecule has 1 heterocycles. The molecular weight excluding hydrogens is 324 g/mol. The zero-order valence-corrected chi connectivity index (χ0v) is 15.3. The lowest BCUT2D eigenvalue weighted by molar-refractivity contribution is -0.133. The van der Waals surface area contributed by atoms with Crippen molar-refractivity contribution < 1.29 is 13.2 Å². The van der Waals surface area contributed by atoms with Gasteiger partial charge in [0.2, 0.25) is 5.91 Å². The highest BCUT2D eigenvalue weighted by Crippen LogP contribution is 2.33. The number of amides is 1. The summed E-state index contributed by atoms with van der Waals surface area (Å²) in [5.41, 5.74) is 2.59. The van der Waals surface area contributed by atoms with E-state index in [0.717, 1.165) is 19.3 Å². The Balaban J connectivity index is 1.65. The second-order valence-electron chi connectivity index (χ2n) is 7.08. The van der Waals surface area contributed by atoms with Crippen LogP contribution in [0.4, 0.5) is 0 Å². The topological polar surface area (TPSA) is 57.7 Å². The van der Waals surface area contributed by atoms with Crippen LogP contribution in [-0.4, -0.2) is 62.3 Å². The number of carbonyl (C=O) groups is 1. The quantitative estimate of drug-likeness (QED) is 0.828. The van der Waals surface area contributed by atoms with E-state index in [9.17, 15) is 13.2 Å². The summed E-state index contributed by atoms with van der Waals surface area (Å²) in [6.07, 6.45) is 3.79. The Kier molecular flexibility index (Phi) is 4.97. The highest BCUT2D eigenvalue weighted by Gasteiger charge is 2.33. The van der Waals surface area contributed by atoms with Gasteiger partial charge in [0.05, 0.1) is 24.1 Å². The number of sulfone groups is 1. The lowest BCUT2D eigenvalue weighted by atomic mass is 9.87. The minimum Gasteiger partial charge on any atom is -0.338 e. The molecule has 0 saturated carbocycles. The molecular formula is C18H26N2O3S. The molecule has 0 N–H and O–H groups in total. The van der Waals surface area contributed by atoms with Gasteiger partial charge in [0, 0.05) is 13.1 Å². The molecule has 1 saturated heterocycles. The predicted octanol–water partition coefficient (Wildman–Crippen LogP) is 1.64. The fourth-order valence-corrected chi connectivity index (χ4v) is 5.69. The van der Waals surface area contributed by atoms with Gasteiger partial charge in [-0.15, -0.1) is 0 Å². The van der Waals surface area contributed by atoms with E-state index in [2.05, 4.69) is 18.2 Å². The summed E-state index contributed by atoms with van der Waals surface area (Å²) in [7, 11) is 0.799. The molecule has 0 radical (unpaired) electrons. The molecule has 2 atom stereocenters. The summed E-state index contributed by atoms with van der Waals surface area (Å²) in [5.74, 6) is 0.470. The SMILES string of the molecule is CN(CC(=O)N(C)C1CCCc2ccccc21)C1CCS(=O)(=O)C1. The number of rotatable bonds is 4. The lowest BCUT2D eigenvalue weighted by Gasteiger charge is -2.35. The smallest absolute Gasteiger partial charge is 0.237 e. The van der Waals surface area contributed by atoms with E-state index in [1.807, 2.05) is 30.0 Å². The molecule has 5 nitrogen and oxygen atoms in total. The van der Waals surface area contributed by atoms with Crippen molar-refractivity contribution in [1.29, 1.82) is 0 Å². The number of fused-ring (bicyclic) bond motifs is 1. The molecule has 0 spiro atoms. The van der Waals surface area contributed by atoms with E-state index in [-0.39, 0.29) is 36.0 Å². The Labute approximate surface area is 144 Å². The van der Waals surface area contributed by atoms with Gasteiger partial charge in [-0.3, -0.25) is 9.69 Å². The van der Waals surface area contributed by atoms with Crippen molar-refractivity contribution in [3.63, 3.8) is 0 Å². The first-order valence-corrected chi connectivity index (χ1v) is 10.4. The minimum atomic E-state index is -2.92. The van der Waals surface area contributed by atoms with Gasteiger partial charge in [-0.05, 0) is 43.9 Å². The summed E-state index contributed by atoms with van der Waals surface area (Å²) in [4.78, 5) is 16.5. The molecule has 2 aliphatic rings. The van der Waals surface area contributed by atoms with Crippen molar-refractivity contribution in [3.05, 3.63) is 35.4 Å². The van der Waals surface area contributed by atoms with Crippen molar-refractivity contribution in [1.82, 2.24) is 9.80 Å². The fraction of sp³-hybridized carbons (Fsp3) is 0.611. The normalized spacial score (nSPS) is 25.5. The van der Waals surface area contributed by atoms with E-state index >= 15 is 0 Å². The zero-order valence-electron chi connectivity index (χ0n) is 14.4. The van der Waals surface area contributed by atoms with E-state index < -0.39 is 9.84 Å². The Morgan fingerprint density at radius 1 is 1.21 bits per heavy atom. The number of hydrogen-bond donors (Lipinski definition) is 0. The van der Waals surface area contributed by atoms with E-state index in [4.69, 9.17) is 0 Å². The van der Waals surface area contributed by atoms with Crippen molar-refractivity contribution in [2.24, 2.45) is 0 Å². The van der Waals surface area contributed by atoms with E-state index in [0.29, 0.717) is 6.42 Å². The molecule has 0 bridgehead atoms. The molecule has 1 aromatic carbocycles. The van der Waals surface area contributed by atoms with E-state index in [1.165, 1.54) is 11.1 Å². The Morgan fingerprint density at radius 3 is 2.67 bits per heavy atom. The largest absolute Gasteiger partial charge is 0.338 e. The van der Waals surface area contributed by atoms with Gasteiger partial charge in [0.25, 0.3) is 0 Å². The predicted molar refractivity (Wildman–Crippen MR) is 94.6 cm³/mol. The molecule has 0 aromatic heterocycles. The molecule has 1 fully saturated rings. The molecule has 6 heteroatoms. The average molecular weight is 350 g/mol. The number of likely N-dealkylation sites (N-methyl/N-ethyl adjacent to an activating group) is 2. The fourth-order valence-electron chi connectivity index (χ4n) is 3.88. The maximum absolute atomic E-state index is 12.7. The molecule has 24 heavy (non-hydrogen) atoms. The first kappa shape index (κ1) is 17.4. The van der Waals surface area contributed by atoms with Crippen LogP contribution in [0, 0.1) is 0 Å². The van der Waals surface area contributed by atoms with Crippen molar-refractivity contribution in [3.8, 4) is 0 Å². The standard InChI is InChI=1S/C18H26N2O3S/c1-19(15-10-11-24(22,23)13-15)12-18(21)20(2)17-9-5-7-14-6-3-4-8-16(14)17/h3-4,6,8,15,17H,5,7,9-13H2,1-2H3. The van der Waals surface area contributed by atoms with Crippen molar-refractivity contribution in [2.75, 3.05) is 32.1 Å². The number of aryl methyl sites for hydroxylation is 1. The Morgan fingerprint density at radius 2 is 1.96 bits per heavy atom. The highest BCUT2D eigenvalue weighted by atomic mass is 32.2. The first-order valence-electron chi connectivity index (χ1n) is 8.61.